The Labute approximate surface area is 152 Å². The quantitative estimate of drug-likeness (QED) is 0.274. The highest BCUT2D eigenvalue weighted by atomic mass is 16.4. The number of carbonyl (C=O) groups excluding carboxylic acids is 2. The zero-order valence-electron chi connectivity index (χ0n) is 14.7. The summed E-state index contributed by atoms with van der Waals surface area (Å²) in [6, 6.07) is -0.998. The first-order valence-corrected chi connectivity index (χ1v) is 8.17. The van der Waals surface area contributed by atoms with E-state index in [-0.39, 0.29) is 23.8 Å². The Balaban J connectivity index is 2.50. The third kappa shape index (κ3) is 4.08. The molecule has 1 aliphatic rings. The van der Waals surface area contributed by atoms with Gasteiger partial charge in [-0.2, -0.15) is 0 Å². The number of aromatic nitrogens is 2. The number of H-pyrrole nitrogens is 2. The topological polar surface area (TPSA) is 187 Å². The maximum Gasteiger partial charge on any atom is 0.327 e. The number of amides is 1. The number of hydrogen-bond acceptors (Lipinski definition) is 9. The van der Waals surface area contributed by atoms with Crippen LogP contribution in [0.2, 0.25) is 0 Å². The number of hydrogen-bond donors (Lipinski definition) is 6. The van der Waals surface area contributed by atoms with Crippen LogP contribution in [0.25, 0.3) is 0 Å². The van der Waals surface area contributed by atoms with E-state index in [1.807, 2.05) is 4.98 Å². The van der Waals surface area contributed by atoms with Crippen LogP contribution >= 0.6 is 0 Å². The molecular formula is C15H22N4O8. The van der Waals surface area contributed by atoms with Gasteiger partial charge in [0.15, 0.2) is 5.69 Å². The Hall–Kier alpha value is -2.54. The highest BCUT2D eigenvalue weighted by molar-refractivity contribution is 6.07. The lowest BCUT2D eigenvalue weighted by molar-refractivity contribution is -0.123. The predicted octanol–water partition coefficient (Wildman–Crippen LogP) is -3.73. The Bertz CT molecular complexity index is 834. The van der Waals surface area contributed by atoms with Crippen molar-refractivity contribution in [2.75, 3.05) is 29.5 Å². The van der Waals surface area contributed by atoms with Gasteiger partial charge in [-0.25, -0.2) is 4.79 Å². The van der Waals surface area contributed by atoms with Gasteiger partial charge in [-0.1, -0.05) is 0 Å². The van der Waals surface area contributed by atoms with Crippen LogP contribution in [-0.4, -0.2) is 86.1 Å². The summed E-state index contributed by atoms with van der Waals surface area (Å²) in [7, 11) is 0. The van der Waals surface area contributed by atoms with Crippen LogP contribution in [0.15, 0.2) is 9.59 Å². The van der Waals surface area contributed by atoms with Crippen LogP contribution in [-0.2, 0) is 9.59 Å². The fourth-order valence-electron chi connectivity index (χ4n) is 2.89. The fraction of sp³-hybridized carbons (Fsp3) is 0.600. The third-order valence-corrected chi connectivity index (χ3v) is 4.29. The monoisotopic (exact) mass is 386 g/mol. The summed E-state index contributed by atoms with van der Waals surface area (Å²) in [5, 5.41) is 38.3. The molecule has 1 aliphatic heterocycles. The van der Waals surface area contributed by atoms with Gasteiger partial charge < -0.3 is 25.3 Å². The lowest BCUT2D eigenvalue weighted by Gasteiger charge is -2.41. The van der Waals surface area contributed by atoms with Gasteiger partial charge in [0.2, 0.25) is 5.91 Å². The van der Waals surface area contributed by atoms with Crippen molar-refractivity contribution in [2.45, 2.75) is 38.2 Å². The van der Waals surface area contributed by atoms with E-state index in [4.69, 9.17) is 5.11 Å². The standard InChI is InChI=1S/C15H22N4O8/c1-6(21)3-19-10-12(16-15(27)17-13(10)25)18(7(2)14(19)26)4-8(22)11(24)9(23)5-20/h7-9,11,20,22-24H,3-5H2,1-2H3,(H2,16,17,25,27)/t7-,8-,9+,11-/m0/s1. The highest BCUT2D eigenvalue weighted by Crippen LogP contribution is 2.30. The van der Waals surface area contributed by atoms with Gasteiger partial charge in [0.05, 0.1) is 13.2 Å². The van der Waals surface area contributed by atoms with E-state index in [9.17, 15) is 34.5 Å². The maximum absolute atomic E-state index is 12.7. The number of aliphatic hydroxyl groups excluding tert-OH is 4. The third-order valence-electron chi connectivity index (χ3n) is 4.29. The summed E-state index contributed by atoms with van der Waals surface area (Å²) in [4.78, 5) is 54.6. The van der Waals surface area contributed by atoms with Crippen molar-refractivity contribution in [2.24, 2.45) is 0 Å². The van der Waals surface area contributed by atoms with Gasteiger partial charge in [0, 0.05) is 6.54 Å². The number of anilines is 2. The number of Topliss-reactive ketones (excluding diaryl/α,β-unsaturated/α-hetero) is 1. The number of carbonyl (C=O) groups is 2. The Morgan fingerprint density at radius 2 is 1.78 bits per heavy atom. The second kappa shape index (κ2) is 8.00. The van der Waals surface area contributed by atoms with E-state index in [0.717, 1.165) is 4.90 Å². The number of nitrogens with one attached hydrogen (secondary N) is 2. The summed E-state index contributed by atoms with van der Waals surface area (Å²) in [5.41, 5.74) is -2.03. The van der Waals surface area contributed by atoms with Crippen LogP contribution in [0.1, 0.15) is 13.8 Å². The fourth-order valence-corrected chi connectivity index (χ4v) is 2.89. The molecule has 12 nitrogen and oxygen atoms in total. The lowest BCUT2D eigenvalue weighted by Crippen LogP contribution is -2.59. The Kier molecular flexibility index (Phi) is 6.15. The number of aromatic amines is 2. The summed E-state index contributed by atoms with van der Waals surface area (Å²) < 4.78 is 0. The molecule has 2 rings (SSSR count). The van der Waals surface area contributed by atoms with Gasteiger partial charge in [-0.15, -0.1) is 0 Å². The molecule has 0 aliphatic carbocycles. The Morgan fingerprint density at radius 3 is 2.33 bits per heavy atom. The molecule has 0 spiro atoms. The van der Waals surface area contributed by atoms with E-state index in [1.165, 1.54) is 18.7 Å². The van der Waals surface area contributed by atoms with Gasteiger partial charge in [0.25, 0.3) is 5.56 Å². The number of aliphatic hydroxyl groups is 4. The smallest absolute Gasteiger partial charge is 0.327 e. The average Bonchev–Trinajstić information content (AvgIpc) is 2.60. The van der Waals surface area contributed by atoms with Crippen molar-refractivity contribution in [1.29, 1.82) is 0 Å². The minimum atomic E-state index is -1.73. The largest absolute Gasteiger partial charge is 0.394 e. The molecule has 27 heavy (non-hydrogen) atoms. The molecule has 0 unspecified atom stereocenters. The normalized spacial score (nSPS) is 20.2. The highest BCUT2D eigenvalue weighted by Gasteiger charge is 2.40. The molecule has 4 atom stereocenters. The summed E-state index contributed by atoms with van der Waals surface area (Å²) in [6.07, 6.45) is -4.97. The number of ketones is 1. The van der Waals surface area contributed by atoms with Crippen LogP contribution in [0.5, 0.6) is 0 Å². The molecular weight excluding hydrogens is 364 g/mol. The molecule has 150 valence electrons. The summed E-state index contributed by atoms with van der Waals surface area (Å²) >= 11 is 0. The first-order valence-electron chi connectivity index (χ1n) is 8.17. The van der Waals surface area contributed by atoms with Crippen molar-refractivity contribution in [1.82, 2.24) is 9.97 Å². The first-order chi connectivity index (χ1) is 12.6. The molecule has 6 N–H and O–H groups in total. The number of β-amino-alcohol motifs (C(OH)–C–C–N with tert-alkyl or cyclic N) is 1. The minimum absolute atomic E-state index is 0.109. The SMILES string of the molecule is CC(=O)CN1C(=O)[C@H](C)N(C[C@H](O)[C@H](O)[C@H](O)CO)c2[nH]c(=O)[nH]c(=O)c21. The molecule has 2 heterocycles. The van der Waals surface area contributed by atoms with Gasteiger partial charge >= 0.3 is 5.69 Å². The van der Waals surface area contributed by atoms with Crippen molar-refractivity contribution in [3.8, 4) is 0 Å². The minimum Gasteiger partial charge on any atom is -0.394 e. The van der Waals surface area contributed by atoms with E-state index < -0.39 is 54.7 Å². The van der Waals surface area contributed by atoms with Crippen molar-refractivity contribution < 1.29 is 30.0 Å². The van der Waals surface area contributed by atoms with E-state index in [2.05, 4.69) is 4.98 Å². The molecule has 1 aromatic heterocycles. The summed E-state index contributed by atoms with van der Waals surface area (Å²) in [5.74, 6) is -1.12. The second-order valence-electron chi connectivity index (χ2n) is 6.37. The van der Waals surface area contributed by atoms with Crippen LogP contribution in [0.4, 0.5) is 11.5 Å². The second-order valence-corrected chi connectivity index (χ2v) is 6.37. The van der Waals surface area contributed by atoms with Gasteiger partial charge in [0.1, 0.15) is 36.0 Å². The molecule has 12 heteroatoms. The van der Waals surface area contributed by atoms with Crippen molar-refractivity contribution in [3.63, 3.8) is 0 Å². The molecule has 1 amide bonds. The zero-order valence-corrected chi connectivity index (χ0v) is 14.7. The van der Waals surface area contributed by atoms with Gasteiger partial charge in [-0.05, 0) is 13.8 Å². The lowest BCUT2D eigenvalue weighted by atomic mass is 10.1. The molecule has 0 aromatic carbocycles. The number of rotatable bonds is 7. The Morgan fingerprint density at radius 1 is 1.15 bits per heavy atom. The summed E-state index contributed by atoms with van der Waals surface area (Å²) in [6.45, 7) is 1.05. The van der Waals surface area contributed by atoms with Crippen molar-refractivity contribution in [3.05, 3.63) is 20.8 Å². The zero-order chi connectivity index (χ0) is 20.5. The van der Waals surface area contributed by atoms with Crippen LogP contribution in [0, 0.1) is 0 Å². The molecule has 0 saturated carbocycles. The van der Waals surface area contributed by atoms with Crippen LogP contribution < -0.4 is 21.0 Å². The molecule has 0 saturated heterocycles. The first kappa shape index (κ1) is 20.8. The van der Waals surface area contributed by atoms with Gasteiger partial charge in [-0.3, -0.25) is 29.3 Å². The molecule has 1 aromatic rings. The average molecular weight is 386 g/mol. The van der Waals surface area contributed by atoms with E-state index >= 15 is 0 Å². The maximum atomic E-state index is 12.7. The van der Waals surface area contributed by atoms with E-state index in [1.54, 1.807) is 0 Å². The molecule has 0 fully saturated rings. The predicted molar refractivity (Wildman–Crippen MR) is 92.6 cm³/mol. The number of nitrogens with zero attached hydrogens (tertiary/aromatic N) is 2. The van der Waals surface area contributed by atoms with Crippen LogP contribution in [0.3, 0.4) is 0 Å². The van der Waals surface area contributed by atoms with E-state index in [0.29, 0.717) is 0 Å². The molecule has 0 bridgehead atoms. The number of fused-ring (bicyclic) bond motifs is 1. The molecule has 0 radical (unpaired) electrons. The van der Waals surface area contributed by atoms with Crippen molar-refractivity contribution >= 4 is 23.2 Å².